The van der Waals surface area contributed by atoms with Gasteiger partial charge in [-0.15, -0.1) is 0 Å². The van der Waals surface area contributed by atoms with Crippen LogP contribution in [0.3, 0.4) is 0 Å². The first kappa shape index (κ1) is 14.1. The van der Waals surface area contributed by atoms with Gasteiger partial charge in [0.05, 0.1) is 24.3 Å². The number of ether oxygens (including phenoxy) is 2. The quantitative estimate of drug-likeness (QED) is 0.673. The fraction of sp³-hybridized carbons (Fsp3) is 0.267. The Balaban J connectivity index is 1.98. The second kappa shape index (κ2) is 6.30. The van der Waals surface area contributed by atoms with Gasteiger partial charge in [-0.1, -0.05) is 17.7 Å². The molecule has 1 unspecified atom stereocenters. The molecule has 0 spiro atoms. The number of nitrogens with zero attached hydrogens (tertiary/aromatic N) is 1. The van der Waals surface area contributed by atoms with E-state index >= 15 is 0 Å². The largest absolute Gasteiger partial charge is 0.490 e. The SMILES string of the molecule is NNC(c1ccc2c(c1)OCCCO2)c1ccncc1Cl. The average molecular weight is 306 g/mol. The molecule has 1 atom stereocenters. The molecule has 2 aromatic rings. The van der Waals surface area contributed by atoms with Crippen LogP contribution in [0.25, 0.3) is 0 Å². The van der Waals surface area contributed by atoms with Gasteiger partial charge in [-0.2, -0.15) is 0 Å². The topological polar surface area (TPSA) is 69.4 Å². The van der Waals surface area contributed by atoms with Crippen molar-refractivity contribution in [2.45, 2.75) is 12.5 Å². The predicted octanol–water partition coefficient (Wildman–Crippen LogP) is 2.45. The lowest BCUT2D eigenvalue weighted by Crippen LogP contribution is -2.29. The van der Waals surface area contributed by atoms with E-state index in [1.54, 1.807) is 12.4 Å². The van der Waals surface area contributed by atoms with E-state index in [1.165, 1.54) is 0 Å². The maximum atomic E-state index is 6.20. The molecule has 0 radical (unpaired) electrons. The van der Waals surface area contributed by atoms with Crippen LogP contribution in [-0.4, -0.2) is 18.2 Å². The van der Waals surface area contributed by atoms with E-state index in [1.807, 2.05) is 24.3 Å². The van der Waals surface area contributed by atoms with Crippen molar-refractivity contribution in [2.24, 2.45) is 5.84 Å². The summed E-state index contributed by atoms with van der Waals surface area (Å²) in [4.78, 5) is 3.99. The lowest BCUT2D eigenvalue weighted by atomic mass is 10.00. The van der Waals surface area contributed by atoms with Crippen LogP contribution in [0.5, 0.6) is 11.5 Å². The molecule has 21 heavy (non-hydrogen) atoms. The van der Waals surface area contributed by atoms with Gasteiger partial charge >= 0.3 is 0 Å². The standard InChI is InChI=1S/C15H16ClN3O2/c16-12-9-18-5-4-11(12)15(19-17)10-2-3-13-14(8-10)21-7-1-6-20-13/h2-5,8-9,15,19H,1,6-7,17H2. The van der Waals surface area contributed by atoms with Crippen LogP contribution < -0.4 is 20.7 Å². The number of rotatable bonds is 3. The van der Waals surface area contributed by atoms with Gasteiger partial charge in [0.25, 0.3) is 0 Å². The Bertz CT molecular complexity index is 636. The van der Waals surface area contributed by atoms with E-state index in [0.717, 1.165) is 29.0 Å². The van der Waals surface area contributed by atoms with Gasteiger partial charge in [-0.25, -0.2) is 5.43 Å². The Morgan fingerprint density at radius 2 is 2.00 bits per heavy atom. The third-order valence-corrected chi connectivity index (χ3v) is 3.70. The first-order valence-electron chi connectivity index (χ1n) is 6.74. The highest BCUT2D eigenvalue weighted by Crippen LogP contribution is 2.35. The zero-order valence-electron chi connectivity index (χ0n) is 11.4. The Labute approximate surface area is 128 Å². The first-order chi connectivity index (χ1) is 10.3. The number of benzene rings is 1. The molecule has 0 aliphatic carbocycles. The number of hydrogen-bond acceptors (Lipinski definition) is 5. The first-order valence-corrected chi connectivity index (χ1v) is 7.12. The minimum absolute atomic E-state index is 0.238. The van der Waals surface area contributed by atoms with Crippen LogP contribution >= 0.6 is 11.6 Å². The maximum absolute atomic E-state index is 6.20. The van der Waals surface area contributed by atoms with Crippen LogP contribution in [0.1, 0.15) is 23.6 Å². The third-order valence-electron chi connectivity index (χ3n) is 3.39. The zero-order chi connectivity index (χ0) is 14.7. The molecule has 3 rings (SSSR count). The van der Waals surface area contributed by atoms with Gasteiger partial charge < -0.3 is 9.47 Å². The van der Waals surface area contributed by atoms with E-state index in [-0.39, 0.29) is 6.04 Å². The van der Waals surface area contributed by atoms with Gasteiger partial charge in [0.1, 0.15) is 0 Å². The zero-order valence-corrected chi connectivity index (χ0v) is 12.1. The van der Waals surface area contributed by atoms with E-state index in [4.69, 9.17) is 26.9 Å². The summed E-state index contributed by atoms with van der Waals surface area (Å²) in [6.45, 7) is 1.31. The van der Waals surface area contributed by atoms with Gasteiger partial charge in [0, 0.05) is 18.8 Å². The Kier molecular flexibility index (Phi) is 4.24. The van der Waals surface area contributed by atoms with Crippen LogP contribution in [0, 0.1) is 0 Å². The van der Waals surface area contributed by atoms with Crippen LogP contribution in [0.15, 0.2) is 36.7 Å². The number of fused-ring (bicyclic) bond motifs is 1. The van der Waals surface area contributed by atoms with Gasteiger partial charge in [-0.05, 0) is 29.3 Å². The summed E-state index contributed by atoms with van der Waals surface area (Å²) in [5, 5.41) is 0.563. The minimum atomic E-state index is -0.238. The second-order valence-corrected chi connectivity index (χ2v) is 5.16. The summed E-state index contributed by atoms with van der Waals surface area (Å²) >= 11 is 6.20. The monoisotopic (exact) mass is 305 g/mol. The molecule has 5 nitrogen and oxygen atoms in total. The highest BCUT2D eigenvalue weighted by molar-refractivity contribution is 6.31. The fourth-order valence-corrected chi connectivity index (χ4v) is 2.57. The van der Waals surface area contributed by atoms with Crippen molar-refractivity contribution in [2.75, 3.05) is 13.2 Å². The van der Waals surface area contributed by atoms with Crippen molar-refractivity contribution >= 4 is 11.6 Å². The van der Waals surface area contributed by atoms with Crippen molar-refractivity contribution in [1.82, 2.24) is 10.4 Å². The maximum Gasteiger partial charge on any atom is 0.161 e. The molecule has 1 aromatic heterocycles. The summed E-state index contributed by atoms with van der Waals surface area (Å²) in [5.74, 6) is 7.20. The minimum Gasteiger partial charge on any atom is -0.490 e. The summed E-state index contributed by atoms with van der Waals surface area (Å²) in [7, 11) is 0. The normalized spacial score (nSPS) is 15.3. The number of aromatic nitrogens is 1. The molecule has 0 saturated carbocycles. The Morgan fingerprint density at radius 1 is 1.19 bits per heavy atom. The van der Waals surface area contributed by atoms with Gasteiger partial charge in [-0.3, -0.25) is 10.8 Å². The van der Waals surface area contributed by atoms with Crippen LogP contribution in [0.4, 0.5) is 0 Å². The molecule has 1 aliphatic heterocycles. The predicted molar refractivity (Wildman–Crippen MR) is 80.5 cm³/mol. The van der Waals surface area contributed by atoms with Crippen molar-refractivity contribution in [3.63, 3.8) is 0 Å². The number of hydrogen-bond donors (Lipinski definition) is 2. The van der Waals surface area contributed by atoms with Crippen molar-refractivity contribution < 1.29 is 9.47 Å². The molecule has 0 amide bonds. The molecule has 2 heterocycles. The van der Waals surface area contributed by atoms with Gasteiger partial charge in [0.2, 0.25) is 0 Å². The molecular formula is C15H16ClN3O2. The third kappa shape index (κ3) is 2.95. The number of nitrogens with two attached hydrogens (primary N) is 1. The highest BCUT2D eigenvalue weighted by Gasteiger charge is 2.19. The van der Waals surface area contributed by atoms with Crippen LogP contribution in [-0.2, 0) is 0 Å². The van der Waals surface area contributed by atoms with Crippen molar-refractivity contribution in [3.05, 3.63) is 52.8 Å². The van der Waals surface area contributed by atoms with Gasteiger partial charge in [0.15, 0.2) is 11.5 Å². The summed E-state index contributed by atoms with van der Waals surface area (Å²) in [5.41, 5.74) is 4.61. The fourth-order valence-electron chi connectivity index (χ4n) is 2.35. The summed E-state index contributed by atoms with van der Waals surface area (Å²) in [6.07, 6.45) is 4.16. The number of nitrogens with one attached hydrogen (secondary N) is 1. The van der Waals surface area contributed by atoms with E-state index < -0.39 is 0 Å². The number of halogens is 1. The smallest absolute Gasteiger partial charge is 0.161 e. The molecule has 0 saturated heterocycles. The molecule has 110 valence electrons. The Hall–Kier alpha value is -1.82. The molecule has 1 aromatic carbocycles. The van der Waals surface area contributed by atoms with E-state index in [2.05, 4.69) is 10.4 Å². The molecule has 1 aliphatic rings. The Morgan fingerprint density at radius 3 is 2.76 bits per heavy atom. The van der Waals surface area contributed by atoms with Crippen molar-refractivity contribution in [3.8, 4) is 11.5 Å². The number of pyridine rings is 1. The van der Waals surface area contributed by atoms with Crippen LogP contribution in [0.2, 0.25) is 5.02 Å². The van der Waals surface area contributed by atoms with E-state index in [0.29, 0.717) is 18.2 Å². The summed E-state index contributed by atoms with van der Waals surface area (Å²) < 4.78 is 11.3. The molecule has 0 fully saturated rings. The molecule has 3 N–H and O–H groups in total. The average Bonchev–Trinajstić information content (AvgIpc) is 2.75. The van der Waals surface area contributed by atoms with E-state index in [9.17, 15) is 0 Å². The highest BCUT2D eigenvalue weighted by atomic mass is 35.5. The lowest BCUT2D eigenvalue weighted by molar-refractivity contribution is 0.297. The molecule has 6 heteroatoms. The molecular weight excluding hydrogens is 290 g/mol. The second-order valence-electron chi connectivity index (χ2n) is 4.75. The lowest BCUT2D eigenvalue weighted by Gasteiger charge is -2.19. The van der Waals surface area contributed by atoms with Crippen molar-refractivity contribution in [1.29, 1.82) is 0 Å². The molecule has 0 bridgehead atoms. The summed E-state index contributed by atoms with van der Waals surface area (Å²) in [6, 6.07) is 7.39. The number of hydrazine groups is 1.